The van der Waals surface area contributed by atoms with Gasteiger partial charge >= 0.3 is 11.9 Å². The summed E-state index contributed by atoms with van der Waals surface area (Å²) in [4.78, 5) is 24.7. The van der Waals surface area contributed by atoms with Gasteiger partial charge in [0.25, 0.3) is 0 Å². The van der Waals surface area contributed by atoms with E-state index in [1.165, 1.54) is 77.0 Å². The van der Waals surface area contributed by atoms with E-state index in [0.717, 1.165) is 38.9 Å². The van der Waals surface area contributed by atoms with E-state index in [9.17, 15) is 9.59 Å². The number of esters is 2. The summed E-state index contributed by atoms with van der Waals surface area (Å²) in [6, 6.07) is 6.74. The summed E-state index contributed by atoms with van der Waals surface area (Å²) in [6.07, 6.45) is 18.5. The number of rotatable bonds is 22. The van der Waals surface area contributed by atoms with Crippen molar-refractivity contribution in [3.05, 3.63) is 35.4 Å². The largest absolute Gasteiger partial charge is 0.462 e. The molecule has 0 saturated heterocycles. The average Bonchev–Trinajstić information content (AvgIpc) is 2.92. The fourth-order valence-corrected chi connectivity index (χ4v) is 3.68. The summed E-state index contributed by atoms with van der Waals surface area (Å²) < 4.78 is 16.0. The molecule has 0 aromatic heterocycles. The summed E-state index contributed by atoms with van der Waals surface area (Å²) in [5.74, 6) is -0.888. The van der Waals surface area contributed by atoms with Crippen molar-refractivity contribution in [3.63, 3.8) is 0 Å². The van der Waals surface area contributed by atoms with Crippen molar-refractivity contribution >= 4 is 11.9 Å². The molecule has 0 unspecified atom stereocenters. The first kappa shape index (κ1) is 35.1. The zero-order valence-electron chi connectivity index (χ0n) is 24.5. The number of carbonyl (C=O) groups is 2. The van der Waals surface area contributed by atoms with E-state index < -0.39 is 11.9 Å². The summed E-state index contributed by atoms with van der Waals surface area (Å²) in [5, 5.41) is 0. The first-order valence-electron chi connectivity index (χ1n) is 15.1. The van der Waals surface area contributed by atoms with Crippen molar-refractivity contribution < 1.29 is 23.8 Å². The van der Waals surface area contributed by atoms with Crippen LogP contribution in [0, 0.1) is 0 Å². The normalized spacial score (nSPS) is 10.5. The summed E-state index contributed by atoms with van der Waals surface area (Å²) in [7, 11) is 0. The van der Waals surface area contributed by atoms with Gasteiger partial charge in [-0.15, -0.1) is 0 Å². The smallest absolute Gasteiger partial charge is 0.339 e. The zero-order chi connectivity index (χ0) is 27.4. The van der Waals surface area contributed by atoms with Crippen LogP contribution in [0.5, 0.6) is 0 Å². The number of carbonyl (C=O) groups excluding carboxylic acids is 2. The van der Waals surface area contributed by atoms with Crippen LogP contribution in [0.1, 0.15) is 151 Å². The molecule has 1 aromatic rings. The molecule has 0 aliphatic rings. The minimum atomic E-state index is -0.444. The van der Waals surface area contributed by atoms with Crippen LogP contribution in [-0.4, -0.2) is 38.4 Å². The van der Waals surface area contributed by atoms with Crippen LogP contribution in [0.25, 0.3) is 0 Å². The highest BCUT2D eigenvalue weighted by molar-refractivity contribution is 6.03. The van der Waals surface area contributed by atoms with Gasteiger partial charge < -0.3 is 14.2 Å². The van der Waals surface area contributed by atoms with Gasteiger partial charge in [-0.25, -0.2) is 9.59 Å². The molecular weight excluding hydrogens is 464 g/mol. The fraction of sp³-hybridized carbons (Fsp3) is 0.750. The third kappa shape index (κ3) is 20.8. The van der Waals surface area contributed by atoms with Gasteiger partial charge in [-0.05, 0) is 37.8 Å². The van der Waals surface area contributed by atoms with Crippen molar-refractivity contribution in [1.82, 2.24) is 0 Å². The fourth-order valence-electron chi connectivity index (χ4n) is 3.68. The van der Waals surface area contributed by atoms with Gasteiger partial charge in [0.1, 0.15) is 0 Å². The van der Waals surface area contributed by atoms with E-state index in [4.69, 9.17) is 14.2 Å². The highest BCUT2D eigenvalue weighted by atomic mass is 16.5. The first-order chi connectivity index (χ1) is 18.1. The third-order valence-electron chi connectivity index (χ3n) is 6.11. The molecule has 0 radical (unpaired) electrons. The molecule has 1 rings (SSSR count). The SMILES string of the molecule is CCCCCCCCOC(=O)c1ccccc1C(=O)OCCCCCCCC.CCCCOCCCC. The molecule has 0 atom stereocenters. The Hall–Kier alpha value is -1.88. The van der Waals surface area contributed by atoms with Crippen LogP contribution in [-0.2, 0) is 14.2 Å². The maximum absolute atomic E-state index is 12.4. The summed E-state index contributed by atoms with van der Waals surface area (Å²) in [6.45, 7) is 11.5. The molecule has 0 spiro atoms. The molecule has 0 heterocycles. The average molecular weight is 521 g/mol. The number of unbranched alkanes of at least 4 members (excludes halogenated alkanes) is 12. The van der Waals surface area contributed by atoms with Gasteiger partial charge in [0.15, 0.2) is 0 Å². The van der Waals surface area contributed by atoms with E-state index in [1.807, 2.05) is 0 Å². The standard InChI is InChI=1S/C24H38O4.C8H18O/c1-3-5-7-9-11-15-19-27-23(25)21-17-13-14-18-22(21)24(26)28-20-16-12-10-8-6-4-2;1-3-5-7-9-8-6-4-2/h13-14,17-18H,3-12,15-16,19-20H2,1-2H3;3-8H2,1-2H3. The van der Waals surface area contributed by atoms with E-state index in [1.54, 1.807) is 24.3 Å². The van der Waals surface area contributed by atoms with Crippen LogP contribution in [0.4, 0.5) is 0 Å². The summed E-state index contributed by atoms with van der Waals surface area (Å²) in [5.41, 5.74) is 0.586. The van der Waals surface area contributed by atoms with Gasteiger partial charge in [0, 0.05) is 13.2 Å². The van der Waals surface area contributed by atoms with Crippen LogP contribution in [0.15, 0.2) is 24.3 Å². The lowest BCUT2D eigenvalue weighted by Gasteiger charge is -2.10. The maximum Gasteiger partial charge on any atom is 0.339 e. The lowest BCUT2D eigenvalue weighted by molar-refractivity contribution is 0.0450. The molecule has 0 bridgehead atoms. The molecule has 0 aliphatic heterocycles. The molecule has 0 N–H and O–H groups in total. The van der Waals surface area contributed by atoms with E-state index in [2.05, 4.69) is 27.7 Å². The van der Waals surface area contributed by atoms with Gasteiger partial charge in [-0.2, -0.15) is 0 Å². The van der Waals surface area contributed by atoms with Crippen LogP contribution >= 0.6 is 0 Å². The predicted molar refractivity (Wildman–Crippen MR) is 154 cm³/mol. The molecule has 0 amide bonds. The van der Waals surface area contributed by atoms with Gasteiger partial charge in [0.05, 0.1) is 24.3 Å². The van der Waals surface area contributed by atoms with Crippen molar-refractivity contribution in [1.29, 1.82) is 0 Å². The molecular formula is C32H56O5. The second-order valence-corrected chi connectivity index (χ2v) is 9.67. The number of hydrogen-bond acceptors (Lipinski definition) is 5. The zero-order valence-corrected chi connectivity index (χ0v) is 24.5. The van der Waals surface area contributed by atoms with Gasteiger partial charge in [-0.1, -0.05) is 117 Å². The molecule has 37 heavy (non-hydrogen) atoms. The van der Waals surface area contributed by atoms with Crippen molar-refractivity contribution in [2.75, 3.05) is 26.4 Å². The number of hydrogen-bond donors (Lipinski definition) is 0. The van der Waals surface area contributed by atoms with Gasteiger partial charge in [0.2, 0.25) is 0 Å². The minimum absolute atomic E-state index is 0.293. The van der Waals surface area contributed by atoms with Crippen molar-refractivity contribution in [3.8, 4) is 0 Å². The third-order valence-corrected chi connectivity index (χ3v) is 6.11. The molecule has 0 aliphatic carbocycles. The van der Waals surface area contributed by atoms with Crippen LogP contribution < -0.4 is 0 Å². The monoisotopic (exact) mass is 520 g/mol. The Morgan fingerprint density at radius 3 is 1.22 bits per heavy atom. The number of ether oxygens (including phenoxy) is 3. The Bertz CT molecular complexity index is 603. The lowest BCUT2D eigenvalue weighted by Crippen LogP contribution is -2.15. The Morgan fingerprint density at radius 2 is 0.838 bits per heavy atom. The highest BCUT2D eigenvalue weighted by Crippen LogP contribution is 2.14. The quantitative estimate of drug-likeness (QED) is 0.113. The highest BCUT2D eigenvalue weighted by Gasteiger charge is 2.18. The number of benzene rings is 1. The van der Waals surface area contributed by atoms with Gasteiger partial charge in [-0.3, -0.25) is 0 Å². The second kappa shape index (κ2) is 27.2. The van der Waals surface area contributed by atoms with Crippen LogP contribution in [0.2, 0.25) is 0 Å². The van der Waals surface area contributed by atoms with E-state index in [-0.39, 0.29) is 0 Å². The Labute approximate surface area is 228 Å². The molecule has 0 fully saturated rings. The first-order valence-corrected chi connectivity index (χ1v) is 15.1. The topological polar surface area (TPSA) is 61.8 Å². The van der Waals surface area contributed by atoms with Crippen LogP contribution in [0.3, 0.4) is 0 Å². The Kier molecular flexibility index (Phi) is 25.8. The lowest BCUT2D eigenvalue weighted by atomic mass is 10.1. The Morgan fingerprint density at radius 1 is 0.486 bits per heavy atom. The van der Waals surface area contributed by atoms with E-state index in [0.29, 0.717) is 24.3 Å². The van der Waals surface area contributed by atoms with Crippen molar-refractivity contribution in [2.45, 2.75) is 130 Å². The molecule has 1 aromatic carbocycles. The summed E-state index contributed by atoms with van der Waals surface area (Å²) >= 11 is 0. The van der Waals surface area contributed by atoms with E-state index >= 15 is 0 Å². The predicted octanol–water partition coefficient (Wildman–Crippen LogP) is 9.32. The minimum Gasteiger partial charge on any atom is -0.462 e. The van der Waals surface area contributed by atoms with Crippen molar-refractivity contribution in [2.24, 2.45) is 0 Å². The molecule has 5 nitrogen and oxygen atoms in total. The molecule has 5 heteroatoms. The Balaban J connectivity index is 0.00000122. The second-order valence-electron chi connectivity index (χ2n) is 9.67. The maximum atomic E-state index is 12.4. The molecule has 0 saturated carbocycles. The molecule has 214 valence electrons.